The summed E-state index contributed by atoms with van der Waals surface area (Å²) in [4.78, 5) is 0.646. The predicted molar refractivity (Wildman–Crippen MR) is 67.4 cm³/mol. The molecule has 1 unspecified atom stereocenters. The van der Waals surface area contributed by atoms with Gasteiger partial charge in [-0.3, -0.25) is 0 Å². The van der Waals surface area contributed by atoms with Gasteiger partial charge in [0.2, 0.25) is 0 Å². The zero-order valence-electron chi connectivity index (χ0n) is 8.93. The second kappa shape index (κ2) is 5.49. The van der Waals surface area contributed by atoms with Crippen LogP contribution in [0, 0.1) is 5.82 Å². The van der Waals surface area contributed by atoms with E-state index in [1.54, 1.807) is 6.07 Å². The number of ether oxygens (including phenoxy) is 1. The molecule has 16 heavy (non-hydrogen) atoms. The summed E-state index contributed by atoms with van der Waals surface area (Å²) in [6, 6.07) is 3.50. The Hall–Kier alpha value is -0.100. The maximum absolute atomic E-state index is 13.7. The molecule has 0 aromatic heterocycles. The van der Waals surface area contributed by atoms with Crippen LogP contribution in [-0.4, -0.2) is 26.0 Å². The summed E-state index contributed by atoms with van der Waals surface area (Å²) in [7, 11) is 0. The monoisotopic (exact) mass is 305 g/mol. The van der Waals surface area contributed by atoms with Crippen LogP contribution >= 0.6 is 27.7 Å². The van der Waals surface area contributed by atoms with Crippen molar-refractivity contribution in [1.29, 1.82) is 0 Å². The molecule has 5 heteroatoms. The molecule has 1 atom stereocenters. The predicted octanol–water partition coefficient (Wildman–Crippen LogP) is 2.97. The third-order valence-corrected chi connectivity index (χ3v) is 4.24. The molecule has 1 N–H and O–H groups in total. The molecule has 2 rings (SSSR count). The van der Waals surface area contributed by atoms with Crippen molar-refractivity contribution >= 4 is 27.7 Å². The molecule has 0 saturated carbocycles. The highest BCUT2D eigenvalue weighted by molar-refractivity contribution is 9.10. The number of nitrogens with one attached hydrogen (secondary N) is 1. The number of benzene rings is 1. The first-order chi connectivity index (χ1) is 7.72. The lowest BCUT2D eigenvalue weighted by Crippen LogP contribution is -2.33. The normalized spacial score (nSPS) is 21.1. The van der Waals surface area contributed by atoms with Gasteiger partial charge >= 0.3 is 0 Å². The molecular formula is C11H13BrFNOS. The first-order valence-electron chi connectivity index (χ1n) is 5.07. The minimum atomic E-state index is -0.189. The molecule has 1 aromatic carbocycles. The maximum Gasteiger partial charge on any atom is 0.138 e. The van der Waals surface area contributed by atoms with Crippen LogP contribution in [0.15, 0.2) is 21.5 Å². The fraction of sp³-hybridized carbons (Fsp3) is 0.455. The van der Waals surface area contributed by atoms with Gasteiger partial charge in [0.05, 0.1) is 17.6 Å². The van der Waals surface area contributed by atoms with Gasteiger partial charge in [-0.15, -0.1) is 11.8 Å². The fourth-order valence-corrected chi connectivity index (χ4v) is 3.19. The molecule has 88 valence electrons. The lowest BCUT2D eigenvalue weighted by Gasteiger charge is -2.24. The minimum Gasteiger partial charge on any atom is -0.371 e. The Kier molecular flexibility index (Phi) is 4.24. The molecule has 1 saturated heterocycles. The topological polar surface area (TPSA) is 21.3 Å². The molecular weight excluding hydrogens is 293 g/mol. The van der Waals surface area contributed by atoms with Crippen LogP contribution in [0.2, 0.25) is 0 Å². The van der Waals surface area contributed by atoms with Crippen LogP contribution in [0.3, 0.4) is 0 Å². The van der Waals surface area contributed by atoms with Gasteiger partial charge < -0.3 is 10.1 Å². The van der Waals surface area contributed by atoms with Crippen LogP contribution in [0.4, 0.5) is 4.39 Å². The largest absolute Gasteiger partial charge is 0.371 e. The van der Waals surface area contributed by atoms with Gasteiger partial charge in [0.25, 0.3) is 0 Å². The number of hydrogen-bond donors (Lipinski definition) is 1. The molecule has 1 fully saturated rings. The van der Waals surface area contributed by atoms with Gasteiger partial charge in [0.1, 0.15) is 5.82 Å². The molecule has 0 amide bonds. The molecule has 1 aliphatic rings. The molecule has 0 radical (unpaired) electrons. The van der Waals surface area contributed by atoms with E-state index in [2.05, 4.69) is 21.2 Å². The quantitative estimate of drug-likeness (QED) is 0.849. The number of morpholine rings is 1. The standard InChI is InChI=1S/C11H13BrFNOS/c1-16-11-8(12)4-7(5-9(11)13)10-6-14-2-3-15-10/h4-5,10,14H,2-3,6H2,1H3. The second-order valence-corrected chi connectivity index (χ2v) is 5.25. The van der Waals surface area contributed by atoms with E-state index >= 15 is 0 Å². The Labute approximate surface area is 107 Å². The van der Waals surface area contributed by atoms with Gasteiger partial charge in [0.15, 0.2) is 0 Å². The second-order valence-electron chi connectivity index (χ2n) is 3.58. The molecule has 1 aromatic rings. The Bertz CT molecular complexity index is 359. The van der Waals surface area contributed by atoms with Crippen molar-refractivity contribution in [3.05, 3.63) is 28.0 Å². The first-order valence-corrected chi connectivity index (χ1v) is 7.09. The van der Waals surface area contributed by atoms with Crippen LogP contribution in [0.25, 0.3) is 0 Å². The van der Waals surface area contributed by atoms with Crippen molar-refractivity contribution in [2.75, 3.05) is 26.0 Å². The summed E-state index contributed by atoms with van der Waals surface area (Å²) in [5.41, 5.74) is 0.884. The summed E-state index contributed by atoms with van der Waals surface area (Å²) in [5, 5.41) is 3.23. The SMILES string of the molecule is CSc1c(F)cc(C2CNCCO2)cc1Br. The highest BCUT2D eigenvalue weighted by Gasteiger charge is 2.18. The van der Waals surface area contributed by atoms with Crippen LogP contribution in [-0.2, 0) is 4.74 Å². The van der Waals surface area contributed by atoms with Gasteiger partial charge in [-0.2, -0.15) is 0 Å². The van der Waals surface area contributed by atoms with E-state index in [1.807, 2.05) is 12.3 Å². The average molecular weight is 306 g/mol. The molecule has 1 aliphatic heterocycles. The molecule has 1 heterocycles. The summed E-state index contributed by atoms with van der Waals surface area (Å²) in [6.07, 6.45) is 1.82. The van der Waals surface area contributed by atoms with Crippen LogP contribution in [0.5, 0.6) is 0 Å². The molecule has 2 nitrogen and oxygen atoms in total. The first kappa shape index (κ1) is 12.4. The number of rotatable bonds is 2. The Balaban J connectivity index is 2.28. The minimum absolute atomic E-state index is 0.0459. The summed E-state index contributed by atoms with van der Waals surface area (Å²) in [5.74, 6) is -0.189. The Morgan fingerprint density at radius 2 is 2.38 bits per heavy atom. The van der Waals surface area contributed by atoms with Crippen LogP contribution < -0.4 is 5.32 Å². The summed E-state index contributed by atoms with van der Waals surface area (Å²) in [6.45, 7) is 2.28. The third-order valence-electron chi connectivity index (χ3n) is 2.52. The van der Waals surface area contributed by atoms with Crippen molar-refractivity contribution in [3.63, 3.8) is 0 Å². The third kappa shape index (κ3) is 2.59. The van der Waals surface area contributed by atoms with E-state index in [1.165, 1.54) is 11.8 Å². The zero-order valence-corrected chi connectivity index (χ0v) is 11.3. The lowest BCUT2D eigenvalue weighted by molar-refractivity contribution is 0.0274. The Morgan fingerprint density at radius 1 is 1.56 bits per heavy atom. The fourth-order valence-electron chi connectivity index (χ4n) is 1.74. The van der Waals surface area contributed by atoms with E-state index in [0.717, 1.165) is 23.1 Å². The van der Waals surface area contributed by atoms with Gasteiger partial charge in [-0.1, -0.05) is 0 Å². The van der Waals surface area contributed by atoms with Crippen molar-refractivity contribution in [3.8, 4) is 0 Å². The highest BCUT2D eigenvalue weighted by atomic mass is 79.9. The van der Waals surface area contributed by atoms with E-state index in [4.69, 9.17) is 4.74 Å². The van der Waals surface area contributed by atoms with E-state index in [0.29, 0.717) is 11.5 Å². The molecule has 0 spiro atoms. The van der Waals surface area contributed by atoms with E-state index in [9.17, 15) is 4.39 Å². The van der Waals surface area contributed by atoms with Gasteiger partial charge in [-0.25, -0.2) is 4.39 Å². The van der Waals surface area contributed by atoms with Crippen LogP contribution in [0.1, 0.15) is 11.7 Å². The zero-order chi connectivity index (χ0) is 11.5. The number of halogens is 2. The van der Waals surface area contributed by atoms with Crippen molar-refractivity contribution < 1.29 is 9.13 Å². The summed E-state index contributed by atoms with van der Waals surface area (Å²) < 4.78 is 20.1. The van der Waals surface area contributed by atoms with E-state index < -0.39 is 0 Å². The lowest BCUT2D eigenvalue weighted by atomic mass is 10.1. The number of thioether (sulfide) groups is 1. The Morgan fingerprint density at radius 3 is 2.94 bits per heavy atom. The molecule has 0 bridgehead atoms. The average Bonchev–Trinajstić information content (AvgIpc) is 2.30. The maximum atomic E-state index is 13.7. The molecule has 0 aliphatic carbocycles. The van der Waals surface area contributed by atoms with Gasteiger partial charge in [0, 0.05) is 17.6 Å². The summed E-state index contributed by atoms with van der Waals surface area (Å²) >= 11 is 4.79. The van der Waals surface area contributed by atoms with E-state index in [-0.39, 0.29) is 11.9 Å². The highest BCUT2D eigenvalue weighted by Crippen LogP contribution is 2.32. The van der Waals surface area contributed by atoms with Gasteiger partial charge in [-0.05, 0) is 39.9 Å². The van der Waals surface area contributed by atoms with Crippen molar-refractivity contribution in [2.45, 2.75) is 11.0 Å². The van der Waals surface area contributed by atoms with Crippen molar-refractivity contribution in [2.24, 2.45) is 0 Å². The number of hydrogen-bond acceptors (Lipinski definition) is 3. The smallest absolute Gasteiger partial charge is 0.138 e. The van der Waals surface area contributed by atoms with Crippen molar-refractivity contribution in [1.82, 2.24) is 5.32 Å².